The second-order valence-electron chi connectivity index (χ2n) is 6.52. The number of aromatic nitrogens is 4. The van der Waals surface area contributed by atoms with Crippen molar-refractivity contribution in [2.75, 3.05) is 50.2 Å². The molecule has 1 aliphatic heterocycles. The lowest BCUT2D eigenvalue weighted by Crippen LogP contribution is -2.41. The van der Waals surface area contributed by atoms with Crippen molar-refractivity contribution in [1.82, 2.24) is 19.7 Å². The number of ether oxygens (including phenoxy) is 1. The molecule has 0 saturated carbocycles. The van der Waals surface area contributed by atoms with Crippen molar-refractivity contribution < 1.29 is 4.74 Å². The molecule has 9 heteroatoms. The number of anilines is 2. The van der Waals surface area contributed by atoms with E-state index in [1.165, 1.54) is 6.20 Å². The van der Waals surface area contributed by atoms with Gasteiger partial charge in [0.2, 0.25) is 0 Å². The van der Waals surface area contributed by atoms with Gasteiger partial charge >= 0.3 is 0 Å². The molecule has 142 valence electrons. The van der Waals surface area contributed by atoms with Crippen LogP contribution in [0.25, 0.3) is 0 Å². The number of nitriles is 1. The fourth-order valence-electron chi connectivity index (χ4n) is 3.15. The van der Waals surface area contributed by atoms with Crippen LogP contribution in [0.15, 0.2) is 29.5 Å². The van der Waals surface area contributed by atoms with Crippen LogP contribution in [0.4, 0.5) is 11.5 Å². The molecule has 0 spiro atoms. The third-order valence-corrected chi connectivity index (χ3v) is 4.70. The van der Waals surface area contributed by atoms with Crippen LogP contribution in [0, 0.1) is 11.3 Å². The first-order chi connectivity index (χ1) is 13.1. The molecule has 1 atom stereocenters. The highest BCUT2D eigenvalue weighted by atomic mass is 16.5. The minimum Gasteiger partial charge on any atom is -0.383 e. The Labute approximate surface area is 157 Å². The maximum absolute atomic E-state index is 12.6. The predicted molar refractivity (Wildman–Crippen MR) is 101 cm³/mol. The molecule has 0 aliphatic carbocycles. The second kappa shape index (κ2) is 8.60. The largest absolute Gasteiger partial charge is 0.383 e. The Balaban J connectivity index is 1.73. The number of hydrogen-bond donors (Lipinski definition) is 0. The second-order valence-corrected chi connectivity index (χ2v) is 6.52. The van der Waals surface area contributed by atoms with Crippen molar-refractivity contribution in [1.29, 1.82) is 5.26 Å². The molecular weight excluding hydrogens is 346 g/mol. The molecule has 2 aromatic rings. The molecule has 27 heavy (non-hydrogen) atoms. The van der Waals surface area contributed by atoms with E-state index in [4.69, 9.17) is 10.00 Å². The van der Waals surface area contributed by atoms with E-state index in [1.54, 1.807) is 30.3 Å². The molecule has 1 saturated heterocycles. The van der Waals surface area contributed by atoms with Crippen LogP contribution < -0.4 is 15.4 Å². The Hall–Kier alpha value is -2.99. The fraction of sp³-hybridized carbons (Fsp3) is 0.500. The normalized spacial score (nSPS) is 16.8. The topological polar surface area (TPSA) is 100 Å². The highest BCUT2D eigenvalue weighted by molar-refractivity contribution is 5.42. The van der Waals surface area contributed by atoms with Gasteiger partial charge in [-0.3, -0.25) is 4.79 Å². The number of piperidine rings is 1. The minimum atomic E-state index is -0.116. The number of hydrogen-bond acceptors (Lipinski definition) is 8. The van der Waals surface area contributed by atoms with Gasteiger partial charge in [-0.1, -0.05) is 0 Å². The SMILES string of the molecule is COCCN(C)c1cnn([C@@H]2CCCN(c3cnc(C#N)cn3)C2)c(=O)c1. The average molecular weight is 369 g/mol. The van der Waals surface area contributed by atoms with Crippen molar-refractivity contribution in [2.24, 2.45) is 0 Å². The van der Waals surface area contributed by atoms with Crippen LogP contribution in [0.2, 0.25) is 0 Å². The predicted octanol–water partition coefficient (Wildman–Crippen LogP) is 0.829. The smallest absolute Gasteiger partial charge is 0.269 e. The Kier molecular flexibility index (Phi) is 5.98. The molecular formula is C18H23N7O2. The highest BCUT2D eigenvalue weighted by Gasteiger charge is 2.24. The molecule has 9 nitrogen and oxygen atoms in total. The van der Waals surface area contributed by atoms with Crippen molar-refractivity contribution in [3.05, 3.63) is 40.7 Å². The van der Waals surface area contributed by atoms with Crippen molar-refractivity contribution in [3.63, 3.8) is 0 Å². The van der Waals surface area contributed by atoms with Gasteiger partial charge in [-0.15, -0.1) is 0 Å². The molecule has 2 aromatic heterocycles. The van der Waals surface area contributed by atoms with Crippen molar-refractivity contribution >= 4 is 11.5 Å². The van der Waals surface area contributed by atoms with E-state index in [2.05, 4.69) is 20.0 Å². The highest BCUT2D eigenvalue weighted by Crippen LogP contribution is 2.23. The first kappa shape index (κ1) is 18.8. The van der Waals surface area contributed by atoms with Gasteiger partial charge < -0.3 is 14.5 Å². The summed E-state index contributed by atoms with van der Waals surface area (Å²) in [6, 6.07) is 3.56. The monoisotopic (exact) mass is 369 g/mol. The molecule has 3 heterocycles. The summed E-state index contributed by atoms with van der Waals surface area (Å²) in [6.45, 7) is 2.75. The molecule has 1 aliphatic rings. The molecule has 0 amide bonds. The van der Waals surface area contributed by atoms with Crippen LogP contribution in [0.1, 0.15) is 24.6 Å². The number of methoxy groups -OCH3 is 1. The number of nitrogens with zero attached hydrogens (tertiary/aromatic N) is 7. The molecule has 3 rings (SSSR count). The molecule has 0 bridgehead atoms. The van der Waals surface area contributed by atoms with Gasteiger partial charge in [0.1, 0.15) is 11.9 Å². The zero-order valence-electron chi connectivity index (χ0n) is 15.6. The summed E-state index contributed by atoms with van der Waals surface area (Å²) in [5, 5.41) is 13.2. The third-order valence-electron chi connectivity index (χ3n) is 4.70. The Morgan fingerprint density at radius 2 is 2.22 bits per heavy atom. The zero-order chi connectivity index (χ0) is 19.2. The maximum Gasteiger partial charge on any atom is 0.269 e. The van der Waals surface area contributed by atoms with Crippen LogP contribution in [-0.4, -0.2) is 60.1 Å². The Morgan fingerprint density at radius 1 is 1.37 bits per heavy atom. The van der Waals surface area contributed by atoms with Crippen LogP contribution in [-0.2, 0) is 4.74 Å². The Morgan fingerprint density at radius 3 is 2.89 bits per heavy atom. The van der Waals surface area contributed by atoms with Crippen LogP contribution >= 0.6 is 0 Å². The molecule has 0 unspecified atom stereocenters. The van der Waals surface area contributed by atoms with Crippen molar-refractivity contribution in [2.45, 2.75) is 18.9 Å². The maximum atomic E-state index is 12.6. The summed E-state index contributed by atoms with van der Waals surface area (Å²) < 4.78 is 6.62. The summed E-state index contributed by atoms with van der Waals surface area (Å²) in [5.41, 5.74) is 0.951. The molecule has 0 aromatic carbocycles. The third kappa shape index (κ3) is 4.41. The van der Waals surface area contributed by atoms with E-state index in [9.17, 15) is 4.79 Å². The van der Waals surface area contributed by atoms with E-state index in [0.717, 1.165) is 25.1 Å². The van der Waals surface area contributed by atoms with Gasteiger partial charge in [0.25, 0.3) is 5.56 Å². The van der Waals surface area contributed by atoms with E-state index in [-0.39, 0.29) is 11.6 Å². The van der Waals surface area contributed by atoms with E-state index >= 15 is 0 Å². The summed E-state index contributed by atoms with van der Waals surface area (Å²) in [7, 11) is 3.56. The average Bonchev–Trinajstić information content (AvgIpc) is 2.72. The zero-order valence-corrected chi connectivity index (χ0v) is 15.6. The molecule has 0 N–H and O–H groups in total. The molecule has 1 fully saturated rings. The minimum absolute atomic E-state index is 0.0259. The van der Waals surface area contributed by atoms with Gasteiger partial charge in [-0.2, -0.15) is 10.4 Å². The lowest BCUT2D eigenvalue weighted by Gasteiger charge is -2.33. The first-order valence-electron chi connectivity index (χ1n) is 8.88. The lowest BCUT2D eigenvalue weighted by atomic mass is 10.1. The summed E-state index contributed by atoms with van der Waals surface area (Å²) in [6.07, 6.45) is 6.60. The van der Waals surface area contributed by atoms with Gasteiger partial charge in [0, 0.05) is 39.9 Å². The van der Waals surface area contributed by atoms with E-state index in [0.29, 0.717) is 31.2 Å². The van der Waals surface area contributed by atoms with E-state index < -0.39 is 0 Å². The summed E-state index contributed by atoms with van der Waals surface area (Å²) in [4.78, 5) is 25.0. The lowest BCUT2D eigenvalue weighted by molar-refractivity contribution is 0.206. The molecule has 0 radical (unpaired) electrons. The first-order valence-corrected chi connectivity index (χ1v) is 8.88. The van der Waals surface area contributed by atoms with Crippen LogP contribution in [0.3, 0.4) is 0 Å². The van der Waals surface area contributed by atoms with Gasteiger partial charge in [-0.25, -0.2) is 14.6 Å². The van der Waals surface area contributed by atoms with Gasteiger partial charge in [-0.05, 0) is 12.8 Å². The quantitative estimate of drug-likeness (QED) is 0.738. The fourth-order valence-corrected chi connectivity index (χ4v) is 3.15. The van der Waals surface area contributed by atoms with E-state index in [1.807, 2.05) is 18.0 Å². The van der Waals surface area contributed by atoms with Gasteiger partial charge in [0.15, 0.2) is 5.69 Å². The Bertz CT molecular complexity index is 859. The van der Waals surface area contributed by atoms with Crippen molar-refractivity contribution in [3.8, 4) is 6.07 Å². The summed E-state index contributed by atoms with van der Waals surface area (Å²) in [5.74, 6) is 0.711. The number of likely N-dealkylation sites (N-methyl/N-ethyl adjacent to an activating group) is 1. The van der Waals surface area contributed by atoms with Crippen LogP contribution in [0.5, 0.6) is 0 Å². The van der Waals surface area contributed by atoms with Gasteiger partial charge in [0.05, 0.1) is 36.9 Å². The number of rotatable bonds is 6. The summed E-state index contributed by atoms with van der Waals surface area (Å²) >= 11 is 0. The standard InChI is InChI=1S/C18H23N7O2/c1-23(6-7-27-2)16-8-18(26)25(22-11-16)15-4-3-5-24(13-15)17-12-20-14(9-19)10-21-17/h8,10-12,15H,3-7,13H2,1-2H3/t15-/m1/s1.